The van der Waals surface area contributed by atoms with E-state index in [9.17, 15) is 13.6 Å². The summed E-state index contributed by atoms with van der Waals surface area (Å²) in [6.07, 6.45) is 4.91. The number of hydrogen-bond donors (Lipinski definition) is 0. The SMILES string of the molecule is CC(C)(C)OC(=O)N1CCC2(C=Cc3cc(F)c(F)cc32)CC1. The van der Waals surface area contributed by atoms with Crippen molar-refractivity contribution in [2.75, 3.05) is 13.1 Å². The van der Waals surface area contributed by atoms with Gasteiger partial charge in [-0.25, -0.2) is 13.6 Å². The Kier molecular flexibility index (Phi) is 3.69. The van der Waals surface area contributed by atoms with Crippen molar-refractivity contribution in [3.63, 3.8) is 0 Å². The number of carbonyl (C=O) groups is 1. The highest BCUT2D eigenvalue weighted by Gasteiger charge is 2.40. The largest absolute Gasteiger partial charge is 0.444 e. The average molecular weight is 321 g/mol. The molecule has 1 aromatic carbocycles. The quantitative estimate of drug-likeness (QED) is 0.714. The molecule has 1 fully saturated rings. The number of benzene rings is 1. The summed E-state index contributed by atoms with van der Waals surface area (Å²) in [6.45, 7) is 6.59. The summed E-state index contributed by atoms with van der Waals surface area (Å²) in [5, 5.41) is 0. The van der Waals surface area contributed by atoms with Gasteiger partial charge in [-0.2, -0.15) is 0 Å². The lowest BCUT2D eigenvalue weighted by molar-refractivity contribution is 0.0184. The van der Waals surface area contributed by atoms with Crippen LogP contribution in [0.5, 0.6) is 0 Å². The first-order valence-electron chi connectivity index (χ1n) is 7.87. The van der Waals surface area contributed by atoms with Crippen molar-refractivity contribution in [3.8, 4) is 0 Å². The maximum atomic E-state index is 13.6. The molecule has 2 aliphatic rings. The number of likely N-dealkylation sites (tertiary alicyclic amines) is 1. The topological polar surface area (TPSA) is 29.5 Å². The Bertz CT molecular complexity index is 668. The molecule has 3 rings (SSSR count). The molecule has 0 bridgehead atoms. The second-order valence-electron chi connectivity index (χ2n) is 7.31. The van der Waals surface area contributed by atoms with Gasteiger partial charge >= 0.3 is 6.09 Å². The van der Waals surface area contributed by atoms with Crippen LogP contribution >= 0.6 is 0 Å². The molecule has 0 N–H and O–H groups in total. The van der Waals surface area contributed by atoms with Crippen molar-refractivity contribution in [2.24, 2.45) is 0 Å². The fourth-order valence-electron chi connectivity index (χ4n) is 3.32. The monoisotopic (exact) mass is 321 g/mol. The Morgan fingerprint density at radius 1 is 1.17 bits per heavy atom. The number of amides is 1. The number of allylic oxidation sites excluding steroid dienone is 1. The summed E-state index contributed by atoms with van der Waals surface area (Å²) in [5.41, 5.74) is 0.727. The number of carbonyl (C=O) groups excluding carboxylic acids is 1. The lowest BCUT2D eigenvalue weighted by Gasteiger charge is -2.39. The number of piperidine rings is 1. The number of halogens is 2. The number of ether oxygens (including phenoxy) is 1. The highest BCUT2D eigenvalue weighted by atomic mass is 19.2. The van der Waals surface area contributed by atoms with Gasteiger partial charge in [-0.1, -0.05) is 12.2 Å². The fraction of sp³-hybridized carbons (Fsp3) is 0.500. The third-order valence-corrected chi connectivity index (χ3v) is 4.52. The van der Waals surface area contributed by atoms with E-state index in [2.05, 4.69) is 0 Å². The van der Waals surface area contributed by atoms with Crippen LogP contribution < -0.4 is 0 Å². The van der Waals surface area contributed by atoms with Gasteiger partial charge in [0, 0.05) is 18.5 Å². The van der Waals surface area contributed by atoms with Crippen LogP contribution in [0.15, 0.2) is 18.2 Å². The van der Waals surface area contributed by atoms with Crippen LogP contribution in [0, 0.1) is 11.6 Å². The Labute approximate surface area is 134 Å². The number of rotatable bonds is 0. The van der Waals surface area contributed by atoms with E-state index >= 15 is 0 Å². The van der Waals surface area contributed by atoms with Crippen LogP contribution in [0.2, 0.25) is 0 Å². The minimum Gasteiger partial charge on any atom is -0.444 e. The van der Waals surface area contributed by atoms with Crippen molar-refractivity contribution in [1.29, 1.82) is 0 Å². The molecule has 23 heavy (non-hydrogen) atoms. The molecule has 0 atom stereocenters. The van der Waals surface area contributed by atoms with Gasteiger partial charge in [0.2, 0.25) is 0 Å². The molecule has 3 nitrogen and oxygen atoms in total. The highest BCUT2D eigenvalue weighted by Crippen LogP contribution is 2.44. The molecular weight excluding hydrogens is 300 g/mol. The number of fused-ring (bicyclic) bond motifs is 2. The maximum Gasteiger partial charge on any atom is 0.410 e. The van der Waals surface area contributed by atoms with Gasteiger partial charge in [0.1, 0.15) is 5.60 Å². The van der Waals surface area contributed by atoms with Gasteiger partial charge in [0.05, 0.1) is 0 Å². The van der Waals surface area contributed by atoms with E-state index in [1.54, 1.807) is 4.90 Å². The Hall–Kier alpha value is -1.91. The van der Waals surface area contributed by atoms with E-state index in [0.717, 1.165) is 11.1 Å². The van der Waals surface area contributed by atoms with Gasteiger partial charge < -0.3 is 9.64 Å². The smallest absolute Gasteiger partial charge is 0.410 e. The highest BCUT2D eigenvalue weighted by molar-refractivity contribution is 5.69. The van der Waals surface area contributed by atoms with Gasteiger partial charge in [0.15, 0.2) is 11.6 Å². The first-order valence-corrected chi connectivity index (χ1v) is 7.87. The van der Waals surface area contributed by atoms with E-state index in [1.165, 1.54) is 12.1 Å². The van der Waals surface area contributed by atoms with Crippen molar-refractivity contribution < 1.29 is 18.3 Å². The first kappa shape index (κ1) is 16.0. The van der Waals surface area contributed by atoms with E-state index < -0.39 is 17.2 Å². The lowest BCUT2D eigenvalue weighted by Crippen LogP contribution is -2.45. The zero-order valence-electron chi connectivity index (χ0n) is 13.7. The third kappa shape index (κ3) is 2.96. The second-order valence-corrected chi connectivity index (χ2v) is 7.31. The lowest BCUT2D eigenvalue weighted by atomic mass is 9.74. The Balaban J connectivity index is 1.75. The molecule has 1 aliphatic carbocycles. The van der Waals surface area contributed by atoms with Crippen LogP contribution in [0.1, 0.15) is 44.7 Å². The number of hydrogen-bond acceptors (Lipinski definition) is 2. The molecule has 0 saturated carbocycles. The van der Waals surface area contributed by atoms with Crippen LogP contribution in [-0.2, 0) is 10.2 Å². The van der Waals surface area contributed by atoms with E-state index in [1.807, 2.05) is 32.9 Å². The molecular formula is C18H21F2NO2. The van der Waals surface area contributed by atoms with Crippen molar-refractivity contribution in [1.82, 2.24) is 4.90 Å². The standard InChI is InChI=1S/C18H21F2NO2/c1-17(2,3)23-16(22)21-8-6-18(7-9-21)5-4-12-10-14(19)15(20)11-13(12)18/h4-5,10-11H,6-9H2,1-3H3. The zero-order chi connectivity index (χ0) is 16.8. The maximum absolute atomic E-state index is 13.6. The van der Waals surface area contributed by atoms with Gasteiger partial charge in [-0.15, -0.1) is 0 Å². The predicted molar refractivity (Wildman–Crippen MR) is 84.1 cm³/mol. The van der Waals surface area contributed by atoms with Gasteiger partial charge in [-0.3, -0.25) is 0 Å². The summed E-state index contributed by atoms with van der Waals surface area (Å²) in [6, 6.07) is 2.55. The predicted octanol–water partition coefficient (Wildman–Crippen LogP) is 4.26. The van der Waals surface area contributed by atoms with Crippen LogP contribution in [0.3, 0.4) is 0 Å². The Morgan fingerprint density at radius 2 is 1.78 bits per heavy atom. The van der Waals surface area contributed by atoms with Crippen LogP contribution in [-0.4, -0.2) is 29.7 Å². The first-order chi connectivity index (χ1) is 10.7. The van der Waals surface area contributed by atoms with E-state index in [4.69, 9.17) is 4.74 Å². The number of nitrogens with zero attached hydrogens (tertiary/aromatic N) is 1. The summed E-state index contributed by atoms with van der Waals surface area (Å²) < 4.78 is 32.4. The fourth-order valence-corrected chi connectivity index (χ4v) is 3.32. The minimum absolute atomic E-state index is 0.303. The van der Waals surface area contributed by atoms with Crippen LogP contribution in [0.4, 0.5) is 13.6 Å². The van der Waals surface area contributed by atoms with Crippen molar-refractivity contribution in [3.05, 3.63) is 41.0 Å². The average Bonchev–Trinajstić information content (AvgIpc) is 2.77. The molecule has 1 amide bonds. The summed E-state index contributed by atoms with van der Waals surface area (Å²) >= 11 is 0. The van der Waals surface area contributed by atoms with E-state index in [-0.39, 0.29) is 11.5 Å². The molecule has 1 heterocycles. The molecule has 1 aromatic rings. The zero-order valence-corrected chi connectivity index (χ0v) is 13.7. The van der Waals surface area contributed by atoms with Gasteiger partial charge in [-0.05, 0) is 56.9 Å². The Morgan fingerprint density at radius 3 is 2.39 bits per heavy atom. The summed E-state index contributed by atoms with van der Waals surface area (Å²) in [7, 11) is 0. The molecule has 0 unspecified atom stereocenters. The normalized spacial score (nSPS) is 19.1. The van der Waals surface area contributed by atoms with E-state index in [0.29, 0.717) is 25.9 Å². The molecule has 1 saturated heterocycles. The molecule has 0 aromatic heterocycles. The minimum atomic E-state index is -0.823. The third-order valence-electron chi connectivity index (χ3n) is 4.52. The molecule has 0 radical (unpaired) electrons. The molecule has 5 heteroatoms. The van der Waals surface area contributed by atoms with Crippen molar-refractivity contribution >= 4 is 12.2 Å². The van der Waals surface area contributed by atoms with Gasteiger partial charge in [0.25, 0.3) is 0 Å². The molecule has 1 spiro atoms. The molecule has 124 valence electrons. The summed E-state index contributed by atoms with van der Waals surface area (Å²) in [4.78, 5) is 13.8. The molecule has 1 aliphatic heterocycles. The second kappa shape index (κ2) is 5.32. The van der Waals surface area contributed by atoms with Crippen LogP contribution in [0.25, 0.3) is 6.08 Å². The summed E-state index contributed by atoms with van der Waals surface area (Å²) in [5.74, 6) is -1.64. The van der Waals surface area contributed by atoms with Crippen molar-refractivity contribution in [2.45, 2.75) is 44.6 Å².